The number of rotatable bonds is 2. The van der Waals surface area contributed by atoms with Gasteiger partial charge in [0.2, 0.25) is 11.7 Å². The van der Waals surface area contributed by atoms with Crippen LogP contribution in [0.15, 0.2) is 46.3 Å². The van der Waals surface area contributed by atoms with Gasteiger partial charge in [0.1, 0.15) is 6.04 Å². The molecule has 1 aliphatic rings. The average molecular weight is 269 g/mol. The van der Waals surface area contributed by atoms with Crippen LogP contribution in [0.4, 0.5) is 5.69 Å². The summed E-state index contributed by atoms with van der Waals surface area (Å²) in [7, 11) is 0. The van der Waals surface area contributed by atoms with Crippen molar-refractivity contribution in [3.8, 4) is 10.7 Å². The van der Waals surface area contributed by atoms with E-state index in [0.717, 1.165) is 17.0 Å². The molecule has 19 heavy (non-hydrogen) atoms. The zero-order chi connectivity index (χ0) is 12.7. The summed E-state index contributed by atoms with van der Waals surface area (Å²) >= 11 is 1.61. The number of hydrogen-bond donors (Lipinski definition) is 1. The molecule has 0 aliphatic carbocycles. The summed E-state index contributed by atoms with van der Waals surface area (Å²) in [4.78, 5) is 5.52. The first-order valence-corrected chi connectivity index (χ1v) is 7.00. The molecule has 0 radical (unpaired) electrons. The normalized spacial score (nSPS) is 17.2. The van der Waals surface area contributed by atoms with Crippen LogP contribution in [0, 0.1) is 0 Å². The molecule has 1 unspecified atom stereocenters. The van der Waals surface area contributed by atoms with Crippen LogP contribution in [0.25, 0.3) is 10.7 Å². The number of para-hydroxylation sites is 1. The molecule has 0 saturated heterocycles. The highest BCUT2D eigenvalue weighted by molar-refractivity contribution is 7.13. The van der Waals surface area contributed by atoms with Crippen LogP contribution in [0.1, 0.15) is 17.5 Å². The molecule has 0 spiro atoms. The number of nitrogens with zero attached hydrogens (tertiary/aromatic N) is 2. The molecular weight excluding hydrogens is 258 g/mol. The van der Waals surface area contributed by atoms with Gasteiger partial charge in [-0.25, -0.2) is 0 Å². The third-order valence-electron chi connectivity index (χ3n) is 3.25. The zero-order valence-electron chi connectivity index (χ0n) is 10.0. The van der Waals surface area contributed by atoms with Crippen LogP contribution < -0.4 is 5.32 Å². The maximum Gasteiger partial charge on any atom is 0.249 e. The van der Waals surface area contributed by atoms with Crippen molar-refractivity contribution < 1.29 is 4.52 Å². The van der Waals surface area contributed by atoms with Gasteiger partial charge in [-0.1, -0.05) is 29.4 Å². The Hall–Kier alpha value is -2.14. The van der Waals surface area contributed by atoms with Crippen molar-refractivity contribution in [2.75, 3.05) is 5.32 Å². The SMILES string of the molecule is c1csc(-c2noc(C3Cc4ccccc4N3)n2)c1. The van der Waals surface area contributed by atoms with E-state index >= 15 is 0 Å². The van der Waals surface area contributed by atoms with Crippen LogP contribution in [-0.2, 0) is 6.42 Å². The number of benzene rings is 1. The Morgan fingerprint density at radius 1 is 1.21 bits per heavy atom. The van der Waals surface area contributed by atoms with E-state index in [-0.39, 0.29) is 6.04 Å². The summed E-state index contributed by atoms with van der Waals surface area (Å²) in [6, 6.07) is 12.3. The Labute approximate surface area is 114 Å². The molecule has 1 atom stereocenters. The number of fused-ring (bicyclic) bond motifs is 1. The monoisotopic (exact) mass is 269 g/mol. The molecule has 0 amide bonds. The predicted octanol–water partition coefficient (Wildman–Crippen LogP) is 3.51. The smallest absolute Gasteiger partial charge is 0.249 e. The second kappa shape index (κ2) is 4.20. The summed E-state index contributed by atoms with van der Waals surface area (Å²) in [5, 5.41) is 9.48. The van der Waals surface area contributed by atoms with Crippen LogP contribution in [-0.4, -0.2) is 10.1 Å². The molecule has 1 aliphatic heterocycles. The van der Waals surface area contributed by atoms with Gasteiger partial charge in [-0.2, -0.15) is 4.98 Å². The average Bonchev–Trinajstić information content (AvgIpc) is 3.17. The number of hydrogen-bond acceptors (Lipinski definition) is 5. The Balaban J connectivity index is 1.62. The predicted molar refractivity (Wildman–Crippen MR) is 74.1 cm³/mol. The molecule has 94 valence electrons. The Kier molecular flexibility index (Phi) is 2.38. The minimum atomic E-state index is 0.0820. The van der Waals surface area contributed by atoms with Crippen molar-refractivity contribution in [2.24, 2.45) is 0 Å². The molecular formula is C14H11N3OS. The molecule has 0 bridgehead atoms. The molecule has 4 rings (SSSR count). The molecule has 4 nitrogen and oxygen atoms in total. The lowest BCUT2D eigenvalue weighted by molar-refractivity contribution is 0.364. The van der Waals surface area contributed by atoms with E-state index in [1.807, 2.05) is 29.6 Å². The molecule has 3 aromatic rings. The molecule has 5 heteroatoms. The van der Waals surface area contributed by atoms with E-state index < -0.39 is 0 Å². The van der Waals surface area contributed by atoms with Crippen LogP contribution in [0.5, 0.6) is 0 Å². The quantitative estimate of drug-likeness (QED) is 0.773. The summed E-state index contributed by atoms with van der Waals surface area (Å²) in [6.07, 6.45) is 0.891. The highest BCUT2D eigenvalue weighted by Crippen LogP contribution is 2.34. The summed E-state index contributed by atoms with van der Waals surface area (Å²) < 4.78 is 5.39. The van der Waals surface area contributed by atoms with E-state index in [4.69, 9.17) is 4.52 Å². The third-order valence-corrected chi connectivity index (χ3v) is 4.12. The molecule has 2 aromatic heterocycles. The second-order valence-corrected chi connectivity index (χ2v) is 5.44. The number of aromatic nitrogens is 2. The van der Waals surface area contributed by atoms with Gasteiger partial charge >= 0.3 is 0 Å². The lowest BCUT2D eigenvalue weighted by Gasteiger charge is -2.04. The van der Waals surface area contributed by atoms with Crippen molar-refractivity contribution in [1.82, 2.24) is 10.1 Å². The van der Waals surface area contributed by atoms with Gasteiger partial charge in [0, 0.05) is 12.1 Å². The first kappa shape index (κ1) is 10.8. The fraction of sp³-hybridized carbons (Fsp3) is 0.143. The maximum atomic E-state index is 5.39. The largest absolute Gasteiger partial charge is 0.373 e. The maximum absolute atomic E-state index is 5.39. The number of anilines is 1. The summed E-state index contributed by atoms with van der Waals surface area (Å²) in [5.74, 6) is 1.32. The highest BCUT2D eigenvalue weighted by Gasteiger charge is 2.26. The number of nitrogens with one attached hydrogen (secondary N) is 1. The van der Waals surface area contributed by atoms with Crippen LogP contribution >= 0.6 is 11.3 Å². The van der Waals surface area contributed by atoms with Crippen molar-refractivity contribution in [3.63, 3.8) is 0 Å². The molecule has 0 fully saturated rings. The molecule has 1 aromatic carbocycles. The first-order chi connectivity index (χ1) is 9.40. The topological polar surface area (TPSA) is 51.0 Å². The highest BCUT2D eigenvalue weighted by atomic mass is 32.1. The minimum absolute atomic E-state index is 0.0820. The summed E-state index contributed by atoms with van der Waals surface area (Å²) in [5.41, 5.74) is 2.45. The lowest BCUT2D eigenvalue weighted by atomic mass is 10.1. The fourth-order valence-electron chi connectivity index (χ4n) is 2.33. The summed E-state index contributed by atoms with van der Waals surface area (Å²) in [6.45, 7) is 0. The molecule has 3 heterocycles. The second-order valence-electron chi connectivity index (χ2n) is 4.49. The van der Waals surface area contributed by atoms with Crippen molar-refractivity contribution >= 4 is 17.0 Å². The van der Waals surface area contributed by atoms with Gasteiger partial charge in [-0.05, 0) is 23.1 Å². The van der Waals surface area contributed by atoms with Gasteiger partial charge in [-0.15, -0.1) is 11.3 Å². The van der Waals surface area contributed by atoms with Gasteiger partial charge in [0.15, 0.2) is 0 Å². The lowest BCUT2D eigenvalue weighted by Crippen LogP contribution is -2.05. The first-order valence-electron chi connectivity index (χ1n) is 6.12. The van der Waals surface area contributed by atoms with E-state index in [2.05, 4.69) is 27.6 Å². The van der Waals surface area contributed by atoms with E-state index in [1.165, 1.54) is 5.56 Å². The zero-order valence-corrected chi connectivity index (χ0v) is 10.9. The van der Waals surface area contributed by atoms with E-state index in [9.17, 15) is 0 Å². The van der Waals surface area contributed by atoms with Gasteiger partial charge in [-0.3, -0.25) is 0 Å². The van der Waals surface area contributed by atoms with Gasteiger partial charge in [0.05, 0.1) is 4.88 Å². The Bertz CT molecular complexity index is 680. The van der Waals surface area contributed by atoms with Crippen LogP contribution in [0.3, 0.4) is 0 Å². The number of thiophene rings is 1. The van der Waals surface area contributed by atoms with Crippen molar-refractivity contribution in [3.05, 3.63) is 53.2 Å². The Morgan fingerprint density at radius 2 is 2.16 bits per heavy atom. The molecule has 0 saturated carbocycles. The molecule has 1 N–H and O–H groups in total. The van der Waals surface area contributed by atoms with Gasteiger partial charge in [0.25, 0.3) is 0 Å². The Morgan fingerprint density at radius 3 is 3.00 bits per heavy atom. The standard InChI is InChI=1S/C14H11N3OS/c1-2-5-10-9(4-1)8-11(15-10)14-16-13(17-18-14)12-6-3-7-19-12/h1-7,11,15H,8H2. The van der Waals surface area contributed by atoms with Crippen molar-refractivity contribution in [1.29, 1.82) is 0 Å². The fourth-order valence-corrected chi connectivity index (χ4v) is 2.98. The van der Waals surface area contributed by atoms with E-state index in [0.29, 0.717) is 11.7 Å². The van der Waals surface area contributed by atoms with Crippen LogP contribution in [0.2, 0.25) is 0 Å². The van der Waals surface area contributed by atoms with Crippen molar-refractivity contribution in [2.45, 2.75) is 12.5 Å². The minimum Gasteiger partial charge on any atom is -0.373 e. The van der Waals surface area contributed by atoms with Gasteiger partial charge < -0.3 is 9.84 Å². The van der Waals surface area contributed by atoms with E-state index in [1.54, 1.807) is 11.3 Å². The third kappa shape index (κ3) is 1.82.